The highest BCUT2D eigenvalue weighted by Gasteiger charge is 2.23. The second kappa shape index (κ2) is 9.94. The minimum atomic E-state index is -0.00992. The number of benzene rings is 1. The SMILES string of the molecule is CCCCNc1cccc(-n2ccc(CN3CCCC3/C=N/N=C(N)N)c2)c1. The van der Waals surface area contributed by atoms with Crippen molar-refractivity contribution >= 4 is 17.9 Å². The Labute approximate surface area is 167 Å². The van der Waals surface area contributed by atoms with Gasteiger partial charge in [0.05, 0.1) is 0 Å². The molecule has 1 aliphatic rings. The maximum Gasteiger partial charge on any atom is 0.211 e. The largest absolute Gasteiger partial charge is 0.385 e. The Morgan fingerprint density at radius 1 is 1.32 bits per heavy atom. The van der Waals surface area contributed by atoms with E-state index in [0.29, 0.717) is 0 Å². The normalized spacial score (nSPS) is 17.2. The van der Waals surface area contributed by atoms with Crippen molar-refractivity contribution in [2.75, 3.05) is 18.4 Å². The lowest BCUT2D eigenvalue weighted by atomic mass is 10.2. The first-order valence-electron chi connectivity index (χ1n) is 10.0. The van der Waals surface area contributed by atoms with Gasteiger partial charge in [0.25, 0.3) is 0 Å². The van der Waals surface area contributed by atoms with Crippen LogP contribution in [0.5, 0.6) is 0 Å². The lowest BCUT2D eigenvalue weighted by Gasteiger charge is -2.20. The lowest BCUT2D eigenvalue weighted by Crippen LogP contribution is -2.30. The lowest BCUT2D eigenvalue weighted by molar-refractivity contribution is 0.297. The molecule has 1 aromatic heterocycles. The third-order valence-electron chi connectivity index (χ3n) is 4.97. The molecule has 1 aliphatic heterocycles. The molecule has 0 radical (unpaired) electrons. The van der Waals surface area contributed by atoms with E-state index in [9.17, 15) is 0 Å². The van der Waals surface area contributed by atoms with E-state index >= 15 is 0 Å². The number of hydrogen-bond acceptors (Lipinski definition) is 4. The van der Waals surface area contributed by atoms with E-state index in [1.54, 1.807) is 0 Å². The Morgan fingerprint density at radius 3 is 3.04 bits per heavy atom. The first-order valence-corrected chi connectivity index (χ1v) is 10.0. The summed E-state index contributed by atoms with van der Waals surface area (Å²) in [5, 5.41) is 11.2. The van der Waals surface area contributed by atoms with Crippen molar-refractivity contribution in [3.05, 3.63) is 48.3 Å². The maximum absolute atomic E-state index is 5.33. The molecule has 1 fully saturated rings. The Balaban J connectivity index is 1.63. The van der Waals surface area contributed by atoms with Crippen molar-refractivity contribution in [3.63, 3.8) is 0 Å². The highest BCUT2D eigenvalue weighted by atomic mass is 15.3. The molecule has 0 bridgehead atoms. The molecule has 0 saturated carbocycles. The van der Waals surface area contributed by atoms with Crippen LogP contribution in [-0.4, -0.2) is 40.8 Å². The van der Waals surface area contributed by atoms with Crippen molar-refractivity contribution in [1.82, 2.24) is 9.47 Å². The number of nitrogens with zero attached hydrogens (tertiary/aromatic N) is 4. The van der Waals surface area contributed by atoms with Crippen LogP contribution in [-0.2, 0) is 6.54 Å². The van der Waals surface area contributed by atoms with Crippen LogP contribution in [0.1, 0.15) is 38.2 Å². The van der Waals surface area contributed by atoms with E-state index in [4.69, 9.17) is 11.5 Å². The summed E-state index contributed by atoms with van der Waals surface area (Å²) in [5.41, 5.74) is 14.3. The Hall–Kier alpha value is -2.80. The number of guanidine groups is 1. The molecule has 1 atom stereocenters. The maximum atomic E-state index is 5.33. The van der Waals surface area contributed by atoms with E-state index < -0.39 is 0 Å². The van der Waals surface area contributed by atoms with Crippen LogP contribution in [0.3, 0.4) is 0 Å². The van der Waals surface area contributed by atoms with E-state index in [2.05, 4.69) is 74.6 Å². The highest BCUT2D eigenvalue weighted by molar-refractivity contribution is 5.76. The summed E-state index contributed by atoms with van der Waals surface area (Å²) in [6.45, 7) is 5.16. The molecule has 150 valence electrons. The second-order valence-corrected chi connectivity index (χ2v) is 7.23. The first kappa shape index (κ1) is 19.9. The Bertz CT molecular complexity index is 805. The molecule has 3 rings (SSSR count). The summed E-state index contributed by atoms with van der Waals surface area (Å²) in [6.07, 6.45) is 10.8. The summed E-state index contributed by atoms with van der Waals surface area (Å²) >= 11 is 0. The average Bonchev–Trinajstić information content (AvgIpc) is 3.32. The minimum absolute atomic E-state index is 0.00992. The van der Waals surface area contributed by atoms with Gasteiger partial charge in [0, 0.05) is 49.1 Å². The van der Waals surface area contributed by atoms with Gasteiger partial charge in [-0.1, -0.05) is 19.4 Å². The van der Waals surface area contributed by atoms with Crippen LogP contribution < -0.4 is 16.8 Å². The van der Waals surface area contributed by atoms with Gasteiger partial charge in [-0.3, -0.25) is 4.90 Å². The van der Waals surface area contributed by atoms with Crippen molar-refractivity contribution < 1.29 is 0 Å². The van der Waals surface area contributed by atoms with Crippen LogP contribution in [0.2, 0.25) is 0 Å². The summed E-state index contributed by atoms with van der Waals surface area (Å²) < 4.78 is 2.18. The van der Waals surface area contributed by atoms with E-state index in [0.717, 1.165) is 38.2 Å². The minimum Gasteiger partial charge on any atom is -0.385 e. The van der Waals surface area contributed by atoms with Crippen LogP contribution >= 0.6 is 0 Å². The number of aromatic nitrogens is 1. The molecule has 0 amide bonds. The smallest absolute Gasteiger partial charge is 0.211 e. The molecule has 7 heteroatoms. The Kier molecular flexibility index (Phi) is 7.08. The van der Waals surface area contributed by atoms with Crippen LogP contribution in [0.4, 0.5) is 5.69 Å². The molecule has 1 unspecified atom stereocenters. The number of anilines is 1. The van der Waals surface area contributed by atoms with Gasteiger partial charge >= 0.3 is 0 Å². The van der Waals surface area contributed by atoms with Crippen molar-refractivity contribution in [3.8, 4) is 5.69 Å². The number of rotatable bonds is 9. The standard InChI is InChI=1S/C21H31N7/c1-2-3-10-24-18-6-4-7-19(13-18)28-12-9-17(16-28)15-27-11-5-8-20(27)14-25-26-21(22)23/h4,6-7,9,12-14,16,20,24H,2-3,5,8,10-11,15H2,1H3,(H4,22,23,26)/b25-14+. The fourth-order valence-electron chi connectivity index (χ4n) is 3.51. The number of likely N-dealkylation sites (tertiary alicyclic amines) is 1. The fraction of sp³-hybridized carbons (Fsp3) is 0.429. The third kappa shape index (κ3) is 5.60. The monoisotopic (exact) mass is 381 g/mol. The van der Waals surface area contributed by atoms with Gasteiger partial charge in [-0.2, -0.15) is 5.10 Å². The number of nitrogens with one attached hydrogen (secondary N) is 1. The van der Waals surface area contributed by atoms with Crippen LogP contribution in [0.25, 0.3) is 5.69 Å². The first-order chi connectivity index (χ1) is 13.7. The van der Waals surface area contributed by atoms with Crippen molar-refractivity contribution in [1.29, 1.82) is 0 Å². The molecular weight excluding hydrogens is 350 g/mol. The van der Waals surface area contributed by atoms with Gasteiger partial charge in [-0.15, -0.1) is 5.10 Å². The second-order valence-electron chi connectivity index (χ2n) is 7.23. The fourth-order valence-corrected chi connectivity index (χ4v) is 3.51. The zero-order valence-corrected chi connectivity index (χ0v) is 16.6. The molecule has 7 nitrogen and oxygen atoms in total. The predicted molar refractivity (Wildman–Crippen MR) is 117 cm³/mol. The van der Waals surface area contributed by atoms with Crippen molar-refractivity contribution in [2.45, 2.75) is 45.2 Å². The van der Waals surface area contributed by atoms with Gasteiger partial charge in [-0.05, 0) is 55.6 Å². The molecule has 0 aliphatic carbocycles. The number of unbranched alkanes of at least 4 members (excludes halogenated alkanes) is 1. The predicted octanol–water partition coefficient (Wildman–Crippen LogP) is 2.91. The van der Waals surface area contributed by atoms with E-state index in [-0.39, 0.29) is 12.0 Å². The van der Waals surface area contributed by atoms with Crippen LogP contribution in [0.15, 0.2) is 52.9 Å². The molecular formula is C21H31N7. The van der Waals surface area contributed by atoms with Gasteiger partial charge in [0.1, 0.15) is 0 Å². The molecule has 2 aromatic rings. The Morgan fingerprint density at radius 2 is 2.21 bits per heavy atom. The summed E-state index contributed by atoms with van der Waals surface area (Å²) in [6, 6.07) is 11.0. The van der Waals surface area contributed by atoms with Crippen molar-refractivity contribution in [2.24, 2.45) is 21.7 Å². The molecule has 2 heterocycles. The molecule has 28 heavy (non-hydrogen) atoms. The van der Waals surface area contributed by atoms with Gasteiger partial charge in [0.15, 0.2) is 0 Å². The van der Waals surface area contributed by atoms with Gasteiger partial charge < -0.3 is 21.4 Å². The van der Waals surface area contributed by atoms with Crippen LogP contribution in [0, 0.1) is 0 Å². The third-order valence-corrected chi connectivity index (χ3v) is 4.97. The van der Waals surface area contributed by atoms with E-state index in [1.807, 2.05) is 6.21 Å². The topological polar surface area (TPSA) is 97.0 Å². The molecule has 0 spiro atoms. The molecule has 1 saturated heterocycles. The average molecular weight is 382 g/mol. The summed E-state index contributed by atoms with van der Waals surface area (Å²) in [4.78, 5) is 2.41. The van der Waals surface area contributed by atoms with Gasteiger partial charge in [0.2, 0.25) is 5.96 Å². The van der Waals surface area contributed by atoms with E-state index in [1.165, 1.54) is 24.1 Å². The number of nitrogens with two attached hydrogens (primary N) is 2. The summed E-state index contributed by atoms with van der Waals surface area (Å²) in [5.74, 6) is -0.00992. The van der Waals surface area contributed by atoms with Gasteiger partial charge in [-0.25, -0.2) is 0 Å². The number of hydrogen-bond donors (Lipinski definition) is 3. The summed E-state index contributed by atoms with van der Waals surface area (Å²) in [7, 11) is 0. The zero-order valence-electron chi connectivity index (χ0n) is 16.6. The molecule has 1 aromatic carbocycles. The quantitative estimate of drug-likeness (QED) is 0.269. The highest BCUT2D eigenvalue weighted by Crippen LogP contribution is 2.21. The zero-order chi connectivity index (χ0) is 19.8. The molecule has 5 N–H and O–H groups in total.